The second kappa shape index (κ2) is 10.4. The Morgan fingerprint density at radius 3 is 2.42 bits per heavy atom. The van der Waals surface area contributed by atoms with Gasteiger partial charge in [0.2, 0.25) is 5.60 Å². The van der Waals surface area contributed by atoms with Crippen molar-refractivity contribution in [1.82, 2.24) is 15.6 Å². The predicted octanol–water partition coefficient (Wildman–Crippen LogP) is 3.91. The lowest BCUT2D eigenvalue weighted by molar-refractivity contribution is -0.265. The molecule has 1 aromatic heterocycles. The highest BCUT2D eigenvalue weighted by Crippen LogP contribution is 2.40. The second-order valence-electron chi connectivity index (χ2n) is 9.92. The third kappa shape index (κ3) is 5.70. The number of rotatable bonds is 7. The molecule has 0 fully saturated rings. The molecule has 0 bridgehead atoms. The molecule has 1 atom stereocenters. The van der Waals surface area contributed by atoms with Gasteiger partial charge in [0.1, 0.15) is 11.6 Å². The van der Waals surface area contributed by atoms with E-state index < -0.39 is 47.3 Å². The van der Waals surface area contributed by atoms with Crippen molar-refractivity contribution in [3.05, 3.63) is 76.7 Å². The fourth-order valence-corrected chi connectivity index (χ4v) is 4.11. The van der Waals surface area contributed by atoms with Gasteiger partial charge in [0.25, 0.3) is 5.91 Å². The first-order valence-corrected chi connectivity index (χ1v) is 12.0. The summed E-state index contributed by atoms with van der Waals surface area (Å²) >= 11 is 0. The van der Waals surface area contributed by atoms with Crippen molar-refractivity contribution in [2.24, 2.45) is 5.73 Å². The SMILES string of the molecule is COc1cc(C(=O)NCC(O)(c2cc(C(C)(C)N)cc(-c3ccc(F)cc3)n2)C(F)(F)F)cc2c1NC(=O)NC2. The topological polar surface area (TPSA) is 139 Å². The molecule has 9 nitrogen and oxygen atoms in total. The lowest BCUT2D eigenvalue weighted by Gasteiger charge is -2.32. The van der Waals surface area contributed by atoms with E-state index >= 15 is 0 Å². The molecule has 3 aromatic rings. The molecular formula is C27H27F4N5O4. The van der Waals surface area contributed by atoms with E-state index in [9.17, 15) is 32.3 Å². The third-order valence-corrected chi connectivity index (χ3v) is 6.45. The Hall–Kier alpha value is -4.23. The summed E-state index contributed by atoms with van der Waals surface area (Å²) in [6.45, 7) is 1.91. The summed E-state index contributed by atoms with van der Waals surface area (Å²) in [5.74, 6) is -1.35. The fourth-order valence-electron chi connectivity index (χ4n) is 4.11. The molecule has 1 unspecified atom stereocenters. The lowest BCUT2D eigenvalue weighted by atomic mass is 9.89. The third-order valence-electron chi connectivity index (χ3n) is 6.45. The van der Waals surface area contributed by atoms with E-state index in [0.717, 1.165) is 18.2 Å². The number of benzene rings is 2. The van der Waals surface area contributed by atoms with Crippen LogP contribution in [0.25, 0.3) is 11.3 Å². The Bertz CT molecular complexity index is 1440. The number of urea groups is 1. The molecule has 6 N–H and O–H groups in total. The number of alkyl halides is 3. The quantitative estimate of drug-likeness (QED) is 0.278. The minimum atomic E-state index is -5.27. The fraction of sp³-hybridized carbons (Fsp3) is 0.296. The van der Waals surface area contributed by atoms with E-state index in [1.54, 1.807) is 13.8 Å². The zero-order chi connectivity index (χ0) is 29.5. The molecule has 1 aliphatic heterocycles. The van der Waals surface area contributed by atoms with Crippen molar-refractivity contribution < 1.29 is 37.0 Å². The van der Waals surface area contributed by atoms with Crippen LogP contribution in [0.3, 0.4) is 0 Å². The first-order valence-electron chi connectivity index (χ1n) is 12.0. The summed E-state index contributed by atoms with van der Waals surface area (Å²) in [6.07, 6.45) is -5.27. The smallest absolute Gasteiger partial charge is 0.424 e. The van der Waals surface area contributed by atoms with Crippen molar-refractivity contribution in [1.29, 1.82) is 0 Å². The van der Waals surface area contributed by atoms with Gasteiger partial charge in [-0.2, -0.15) is 13.2 Å². The summed E-state index contributed by atoms with van der Waals surface area (Å²) in [5, 5.41) is 18.3. The molecule has 0 saturated carbocycles. The van der Waals surface area contributed by atoms with Crippen molar-refractivity contribution in [3.8, 4) is 17.0 Å². The van der Waals surface area contributed by atoms with Crippen LogP contribution in [0.4, 0.5) is 28.0 Å². The van der Waals surface area contributed by atoms with Gasteiger partial charge in [0, 0.05) is 23.2 Å². The number of carbonyl (C=O) groups excluding carboxylic acids is 2. The monoisotopic (exact) mass is 561 g/mol. The Labute approximate surface area is 226 Å². The van der Waals surface area contributed by atoms with Crippen molar-refractivity contribution >= 4 is 17.6 Å². The van der Waals surface area contributed by atoms with E-state index in [0.29, 0.717) is 16.8 Å². The average Bonchev–Trinajstić information content (AvgIpc) is 2.89. The average molecular weight is 562 g/mol. The largest absolute Gasteiger partial charge is 0.495 e. The van der Waals surface area contributed by atoms with Gasteiger partial charge in [0.05, 0.1) is 30.7 Å². The second-order valence-corrected chi connectivity index (χ2v) is 9.92. The van der Waals surface area contributed by atoms with Crippen LogP contribution in [0.1, 0.15) is 41.0 Å². The number of carbonyl (C=O) groups is 2. The number of amides is 3. The maximum atomic E-state index is 14.4. The Balaban J connectivity index is 1.72. The molecule has 212 valence electrons. The lowest BCUT2D eigenvalue weighted by Crippen LogP contribution is -2.51. The van der Waals surface area contributed by atoms with Crippen molar-refractivity contribution in [3.63, 3.8) is 0 Å². The molecule has 40 heavy (non-hydrogen) atoms. The minimum absolute atomic E-state index is 0.0222. The maximum absolute atomic E-state index is 14.4. The summed E-state index contributed by atoms with van der Waals surface area (Å²) in [7, 11) is 1.31. The molecule has 1 aliphatic rings. The summed E-state index contributed by atoms with van der Waals surface area (Å²) in [6, 6.07) is 9.58. The zero-order valence-electron chi connectivity index (χ0n) is 21.7. The number of hydrogen-bond acceptors (Lipinski definition) is 6. The summed E-state index contributed by atoms with van der Waals surface area (Å²) in [4.78, 5) is 28.7. The van der Waals surface area contributed by atoms with Gasteiger partial charge < -0.3 is 31.5 Å². The number of nitrogens with two attached hydrogens (primary N) is 1. The van der Waals surface area contributed by atoms with Gasteiger partial charge in [-0.25, -0.2) is 14.2 Å². The minimum Gasteiger partial charge on any atom is -0.495 e. The highest BCUT2D eigenvalue weighted by Gasteiger charge is 2.56. The van der Waals surface area contributed by atoms with Gasteiger partial charge in [-0.05, 0) is 73.5 Å². The van der Waals surface area contributed by atoms with Crippen LogP contribution in [-0.4, -0.2) is 41.9 Å². The van der Waals surface area contributed by atoms with Crippen LogP contribution in [-0.2, 0) is 17.7 Å². The molecule has 0 saturated heterocycles. The molecule has 0 aliphatic carbocycles. The Morgan fingerprint density at radius 1 is 1.15 bits per heavy atom. The molecule has 0 radical (unpaired) electrons. The van der Waals surface area contributed by atoms with E-state index in [1.807, 2.05) is 0 Å². The van der Waals surface area contributed by atoms with Crippen LogP contribution >= 0.6 is 0 Å². The number of aliphatic hydroxyl groups is 1. The van der Waals surface area contributed by atoms with Crippen LogP contribution in [0, 0.1) is 5.82 Å². The summed E-state index contributed by atoms with van der Waals surface area (Å²) in [5.41, 5.74) is 1.90. The van der Waals surface area contributed by atoms with Crippen LogP contribution < -0.4 is 26.4 Å². The number of hydrogen-bond donors (Lipinski definition) is 5. The molecule has 4 rings (SSSR count). The normalized spacial score (nSPS) is 14.9. The highest BCUT2D eigenvalue weighted by molar-refractivity contribution is 5.99. The van der Waals surface area contributed by atoms with Crippen LogP contribution in [0.5, 0.6) is 5.75 Å². The molecular weight excluding hydrogens is 534 g/mol. The first kappa shape index (κ1) is 28.8. The number of fused-ring (bicyclic) bond motifs is 1. The number of anilines is 1. The summed E-state index contributed by atoms with van der Waals surface area (Å²) < 4.78 is 62.0. The predicted molar refractivity (Wildman–Crippen MR) is 138 cm³/mol. The van der Waals surface area contributed by atoms with E-state index in [4.69, 9.17) is 10.5 Å². The Morgan fingerprint density at radius 2 is 1.82 bits per heavy atom. The molecule has 13 heteroatoms. The molecule has 2 heterocycles. The number of aromatic nitrogens is 1. The van der Waals surface area contributed by atoms with Crippen LogP contribution in [0.2, 0.25) is 0 Å². The van der Waals surface area contributed by atoms with Gasteiger partial charge >= 0.3 is 12.2 Å². The molecule has 0 spiro atoms. The van der Waals surface area contributed by atoms with Gasteiger partial charge in [-0.15, -0.1) is 0 Å². The van der Waals surface area contributed by atoms with E-state index in [1.165, 1.54) is 37.4 Å². The van der Waals surface area contributed by atoms with Gasteiger partial charge in [0.15, 0.2) is 0 Å². The number of nitrogens with one attached hydrogen (secondary N) is 3. The number of pyridine rings is 1. The number of halogens is 4. The van der Waals surface area contributed by atoms with Gasteiger partial charge in [-0.3, -0.25) is 4.79 Å². The zero-order valence-corrected chi connectivity index (χ0v) is 21.7. The number of nitrogens with zero attached hydrogens (tertiary/aromatic N) is 1. The van der Waals surface area contributed by atoms with E-state index in [-0.39, 0.29) is 29.1 Å². The standard InChI is InChI=1S/C27H27F4N5O4/c1-25(2,32)17-10-19(14-4-6-18(28)7-5-14)35-21(11-17)26(39,27(29,30)31)13-34-23(37)15-8-16-12-33-24(38)36-22(16)20(9-15)40-3/h4-11,39H,12-13,32H2,1-3H3,(H,34,37)(H2,33,36,38). The number of methoxy groups -OCH3 is 1. The molecule has 3 amide bonds. The maximum Gasteiger partial charge on any atom is 0.424 e. The van der Waals surface area contributed by atoms with E-state index in [2.05, 4.69) is 20.9 Å². The van der Waals surface area contributed by atoms with Crippen LogP contribution in [0.15, 0.2) is 48.5 Å². The first-order chi connectivity index (χ1) is 18.6. The molecule has 2 aromatic carbocycles. The van der Waals surface area contributed by atoms with Crippen molar-refractivity contribution in [2.45, 2.75) is 37.7 Å². The van der Waals surface area contributed by atoms with Crippen molar-refractivity contribution in [2.75, 3.05) is 19.0 Å². The number of ether oxygens (including phenoxy) is 1. The highest BCUT2D eigenvalue weighted by atomic mass is 19.4. The van der Waals surface area contributed by atoms with Gasteiger partial charge in [-0.1, -0.05) is 0 Å². The Kier molecular flexibility index (Phi) is 7.47.